The molecule has 0 aliphatic heterocycles. The van der Waals surface area contributed by atoms with Gasteiger partial charge in [0.1, 0.15) is 5.82 Å². The first kappa shape index (κ1) is 12.4. The number of hydrogen-bond donors (Lipinski definition) is 2. The van der Waals surface area contributed by atoms with Crippen LogP contribution in [0.15, 0.2) is 52.3 Å². The van der Waals surface area contributed by atoms with E-state index in [1.165, 1.54) is 36.0 Å². The van der Waals surface area contributed by atoms with Gasteiger partial charge in [0.05, 0.1) is 5.56 Å². The summed E-state index contributed by atoms with van der Waals surface area (Å²) in [6, 6.07) is 10.6. The second-order valence-corrected chi connectivity index (χ2v) is 4.73. The predicted octanol–water partition coefficient (Wildman–Crippen LogP) is 3.26. The fourth-order valence-corrected chi connectivity index (χ4v) is 2.32. The molecule has 0 heterocycles. The molecule has 0 atom stereocenters. The zero-order valence-electron chi connectivity index (χ0n) is 9.26. The maximum Gasteiger partial charge on any atom is 0.335 e. The van der Waals surface area contributed by atoms with Crippen LogP contribution in [-0.2, 0) is 0 Å². The number of rotatable bonds is 3. The zero-order chi connectivity index (χ0) is 13.1. The summed E-state index contributed by atoms with van der Waals surface area (Å²) >= 11 is 1.29. The van der Waals surface area contributed by atoms with Crippen molar-refractivity contribution in [2.24, 2.45) is 0 Å². The number of nitrogen functional groups attached to an aromatic ring is 1. The Kier molecular flexibility index (Phi) is 3.53. The van der Waals surface area contributed by atoms with Crippen molar-refractivity contribution >= 4 is 23.4 Å². The predicted molar refractivity (Wildman–Crippen MR) is 68.3 cm³/mol. The van der Waals surface area contributed by atoms with Gasteiger partial charge in [-0.3, -0.25) is 0 Å². The van der Waals surface area contributed by atoms with E-state index in [1.807, 2.05) is 0 Å². The van der Waals surface area contributed by atoms with Gasteiger partial charge in [0.25, 0.3) is 0 Å². The van der Waals surface area contributed by atoms with Crippen LogP contribution >= 0.6 is 11.8 Å². The van der Waals surface area contributed by atoms with Gasteiger partial charge in [-0.15, -0.1) is 0 Å². The molecule has 0 saturated carbocycles. The molecule has 0 aliphatic rings. The van der Waals surface area contributed by atoms with Crippen molar-refractivity contribution in [1.82, 2.24) is 0 Å². The van der Waals surface area contributed by atoms with Gasteiger partial charge >= 0.3 is 5.97 Å². The molecule has 0 saturated heterocycles. The van der Waals surface area contributed by atoms with Gasteiger partial charge < -0.3 is 10.8 Å². The van der Waals surface area contributed by atoms with E-state index in [0.717, 1.165) is 0 Å². The SMILES string of the molecule is Nc1cc(C(=O)O)ccc1Sc1cccc(F)c1. The van der Waals surface area contributed by atoms with Crippen LogP contribution in [0.5, 0.6) is 0 Å². The molecule has 3 nitrogen and oxygen atoms in total. The number of halogens is 1. The fraction of sp³-hybridized carbons (Fsp3) is 0. The Bertz CT molecular complexity index is 601. The Morgan fingerprint density at radius 2 is 2.00 bits per heavy atom. The molecular formula is C13H10FNO2S. The minimum Gasteiger partial charge on any atom is -0.478 e. The third-order valence-electron chi connectivity index (χ3n) is 2.28. The van der Waals surface area contributed by atoms with Crippen molar-refractivity contribution in [2.75, 3.05) is 5.73 Å². The van der Waals surface area contributed by atoms with Crippen molar-refractivity contribution < 1.29 is 14.3 Å². The smallest absolute Gasteiger partial charge is 0.335 e. The molecule has 5 heteroatoms. The summed E-state index contributed by atoms with van der Waals surface area (Å²) in [5.74, 6) is -1.34. The highest BCUT2D eigenvalue weighted by Crippen LogP contribution is 2.32. The molecule has 0 radical (unpaired) electrons. The largest absolute Gasteiger partial charge is 0.478 e. The average molecular weight is 263 g/mol. The number of carbonyl (C=O) groups is 1. The topological polar surface area (TPSA) is 63.3 Å². The summed E-state index contributed by atoms with van der Waals surface area (Å²) in [5.41, 5.74) is 6.27. The monoisotopic (exact) mass is 263 g/mol. The molecule has 2 aromatic carbocycles. The van der Waals surface area contributed by atoms with Crippen molar-refractivity contribution in [3.05, 3.63) is 53.8 Å². The fourth-order valence-electron chi connectivity index (χ4n) is 1.43. The molecule has 0 spiro atoms. The molecule has 0 fully saturated rings. The molecular weight excluding hydrogens is 253 g/mol. The molecule has 0 unspecified atom stereocenters. The lowest BCUT2D eigenvalue weighted by Gasteiger charge is -2.06. The number of carboxylic acid groups (broad SMARTS) is 1. The summed E-state index contributed by atoms with van der Waals surface area (Å²) in [4.78, 5) is 12.2. The second-order valence-electron chi connectivity index (χ2n) is 3.62. The van der Waals surface area contributed by atoms with E-state index in [1.54, 1.807) is 18.2 Å². The Balaban J connectivity index is 2.27. The molecule has 2 rings (SSSR count). The lowest BCUT2D eigenvalue weighted by molar-refractivity contribution is 0.0697. The summed E-state index contributed by atoms with van der Waals surface area (Å²) in [6.45, 7) is 0. The Morgan fingerprint density at radius 1 is 1.22 bits per heavy atom. The molecule has 3 N–H and O–H groups in total. The van der Waals surface area contributed by atoms with E-state index in [4.69, 9.17) is 10.8 Å². The van der Waals surface area contributed by atoms with Crippen LogP contribution in [-0.4, -0.2) is 11.1 Å². The van der Waals surface area contributed by atoms with Gasteiger partial charge in [0, 0.05) is 15.5 Å². The van der Waals surface area contributed by atoms with Gasteiger partial charge in [0.15, 0.2) is 0 Å². The van der Waals surface area contributed by atoms with Gasteiger partial charge in [-0.2, -0.15) is 0 Å². The third-order valence-corrected chi connectivity index (χ3v) is 3.36. The van der Waals surface area contributed by atoms with Crippen molar-refractivity contribution in [2.45, 2.75) is 9.79 Å². The van der Waals surface area contributed by atoms with Crippen LogP contribution in [0.25, 0.3) is 0 Å². The van der Waals surface area contributed by atoms with Crippen LogP contribution in [0.1, 0.15) is 10.4 Å². The highest BCUT2D eigenvalue weighted by atomic mass is 32.2. The Labute approximate surface area is 107 Å². The van der Waals surface area contributed by atoms with E-state index < -0.39 is 5.97 Å². The number of carboxylic acids is 1. The molecule has 0 amide bonds. The molecule has 18 heavy (non-hydrogen) atoms. The minimum absolute atomic E-state index is 0.135. The van der Waals surface area contributed by atoms with E-state index >= 15 is 0 Å². The Hall–Kier alpha value is -2.01. The van der Waals surface area contributed by atoms with Crippen LogP contribution in [0.4, 0.5) is 10.1 Å². The quantitative estimate of drug-likeness (QED) is 0.834. The summed E-state index contributed by atoms with van der Waals surface area (Å²) in [7, 11) is 0. The van der Waals surface area contributed by atoms with Crippen LogP contribution < -0.4 is 5.73 Å². The standard InChI is InChI=1S/C13H10FNO2S/c14-9-2-1-3-10(7-9)18-12-5-4-8(13(16)17)6-11(12)15/h1-7H,15H2,(H,16,17). The second kappa shape index (κ2) is 5.10. The Morgan fingerprint density at radius 3 is 2.61 bits per heavy atom. The van der Waals surface area contributed by atoms with Crippen molar-refractivity contribution in [1.29, 1.82) is 0 Å². The zero-order valence-corrected chi connectivity index (χ0v) is 10.1. The highest BCUT2D eigenvalue weighted by molar-refractivity contribution is 7.99. The normalized spacial score (nSPS) is 10.3. The average Bonchev–Trinajstić information content (AvgIpc) is 2.31. The van der Waals surface area contributed by atoms with Crippen LogP contribution in [0, 0.1) is 5.82 Å². The number of aromatic carboxylic acids is 1. The lowest BCUT2D eigenvalue weighted by atomic mass is 10.2. The third kappa shape index (κ3) is 2.81. The van der Waals surface area contributed by atoms with Gasteiger partial charge in [-0.1, -0.05) is 17.8 Å². The van der Waals surface area contributed by atoms with Gasteiger partial charge in [0.2, 0.25) is 0 Å². The number of nitrogens with two attached hydrogens (primary N) is 1. The molecule has 0 aliphatic carbocycles. The van der Waals surface area contributed by atoms with Gasteiger partial charge in [-0.05, 0) is 36.4 Å². The first-order valence-corrected chi connectivity index (χ1v) is 5.94. The minimum atomic E-state index is -1.02. The maximum atomic E-state index is 13.0. The van der Waals surface area contributed by atoms with Crippen LogP contribution in [0.3, 0.4) is 0 Å². The summed E-state index contributed by atoms with van der Waals surface area (Å²) in [5, 5.41) is 8.81. The highest BCUT2D eigenvalue weighted by Gasteiger charge is 2.07. The molecule has 2 aromatic rings. The number of benzene rings is 2. The van der Waals surface area contributed by atoms with E-state index in [2.05, 4.69) is 0 Å². The molecule has 0 bridgehead atoms. The van der Waals surface area contributed by atoms with E-state index in [-0.39, 0.29) is 11.4 Å². The van der Waals surface area contributed by atoms with Crippen molar-refractivity contribution in [3.63, 3.8) is 0 Å². The van der Waals surface area contributed by atoms with E-state index in [9.17, 15) is 9.18 Å². The van der Waals surface area contributed by atoms with E-state index in [0.29, 0.717) is 15.5 Å². The summed E-state index contributed by atoms with van der Waals surface area (Å²) in [6.07, 6.45) is 0. The number of hydrogen-bond acceptors (Lipinski definition) is 3. The van der Waals surface area contributed by atoms with Crippen molar-refractivity contribution in [3.8, 4) is 0 Å². The summed E-state index contributed by atoms with van der Waals surface area (Å²) < 4.78 is 13.0. The maximum absolute atomic E-state index is 13.0. The van der Waals surface area contributed by atoms with Crippen LogP contribution in [0.2, 0.25) is 0 Å². The molecule has 92 valence electrons. The van der Waals surface area contributed by atoms with Gasteiger partial charge in [-0.25, -0.2) is 9.18 Å². The lowest BCUT2D eigenvalue weighted by Crippen LogP contribution is -1.98. The number of anilines is 1. The first-order valence-electron chi connectivity index (χ1n) is 5.12. The molecule has 0 aromatic heterocycles. The first-order chi connectivity index (χ1) is 8.56.